The average molecular weight is 993 g/mol. The molecule has 0 N–H and O–H groups in total. The van der Waals surface area contributed by atoms with Crippen LogP contribution in [0.1, 0.15) is 69.7 Å². The number of amides is 2. The van der Waals surface area contributed by atoms with Crippen molar-refractivity contribution in [3.8, 4) is 35.1 Å². The second kappa shape index (κ2) is 22.3. The fourth-order valence-corrected chi connectivity index (χ4v) is 10.5. The summed E-state index contributed by atoms with van der Waals surface area (Å²) < 4.78 is 25.9. The van der Waals surface area contributed by atoms with Crippen LogP contribution >= 0.6 is 0 Å². The maximum Gasteiger partial charge on any atom is 0.259 e. The Kier molecular flexibility index (Phi) is 14.9. The van der Waals surface area contributed by atoms with E-state index in [-0.39, 0.29) is 29.8 Å². The Balaban J connectivity index is 0.805. The highest BCUT2D eigenvalue weighted by molar-refractivity contribution is 6.06. The minimum absolute atomic E-state index is 0.0374. The Hall–Kier alpha value is -8.18. The molecule has 3 atom stereocenters. The molecule has 0 saturated carbocycles. The molecule has 2 fully saturated rings. The summed E-state index contributed by atoms with van der Waals surface area (Å²) in [5.41, 5.74) is 6.05. The largest absolute Gasteiger partial charge is 0.486 e. The molecule has 74 heavy (non-hydrogen) atoms. The minimum Gasteiger partial charge on any atom is -0.486 e. The number of anilines is 4. The number of hydrogen-bond acceptors (Lipinski definition) is 14. The van der Waals surface area contributed by atoms with E-state index in [0.29, 0.717) is 73.4 Å². The van der Waals surface area contributed by atoms with E-state index in [1.54, 1.807) is 70.7 Å². The van der Waals surface area contributed by atoms with Gasteiger partial charge in [-0.1, -0.05) is 31.2 Å². The van der Waals surface area contributed by atoms with Crippen LogP contribution in [0.15, 0.2) is 122 Å². The van der Waals surface area contributed by atoms with E-state index in [9.17, 15) is 20.1 Å². The summed E-state index contributed by atoms with van der Waals surface area (Å²) in [7, 11) is 0. The number of benzene rings is 4. The standard InChI is InChI=1S/C58H60N10O6/c1-40(38-67(51-8-4-6-22-61-51)57(69)45-14-10-43(36-59)11-15-45)63-24-28-65(29-25-63)49-20-18-47(53-55(49)73-34-32-71-53)42(3)48-19-21-50(56-54(48)72-33-35-74-56)66-30-26-64(27-31-66)41(2)39-68(52-9-5-7-23-62-52)58(70)46-16-12-44(37-60)13-17-46/h4-23,40-42H,24-35,38-39H2,1-3H3/t40-,41+,42?. The molecule has 2 aromatic heterocycles. The third kappa shape index (κ3) is 10.4. The van der Waals surface area contributed by atoms with Crippen molar-refractivity contribution < 1.29 is 28.5 Å². The van der Waals surface area contributed by atoms with Crippen LogP contribution < -0.4 is 38.5 Å². The monoisotopic (exact) mass is 992 g/mol. The van der Waals surface area contributed by atoms with Crippen molar-refractivity contribution in [2.75, 3.05) is 111 Å². The van der Waals surface area contributed by atoms with Crippen molar-refractivity contribution in [1.82, 2.24) is 19.8 Å². The maximum atomic E-state index is 13.9. The van der Waals surface area contributed by atoms with Gasteiger partial charge in [0.1, 0.15) is 38.1 Å². The van der Waals surface area contributed by atoms with Crippen molar-refractivity contribution in [2.45, 2.75) is 38.8 Å². The molecular weight excluding hydrogens is 933 g/mol. The summed E-state index contributed by atoms with van der Waals surface area (Å²) >= 11 is 0. The van der Waals surface area contributed by atoms with Gasteiger partial charge >= 0.3 is 0 Å². The maximum absolute atomic E-state index is 13.9. The molecule has 16 nitrogen and oxygen atoms in total. The van der Waals surface area contributed by atoms with Crippen LogP contribution in [-0.4, -0.2) is 136 Å². The van der Waals surface area contributed by atoms with Crippen molar-refractivity contribution >= 4 is 34.8 Å². The zero-order chi connectivity index (χ0) is 51.1. The van der Waals surface area contributed by atoms with E-state index in [2.05, 4.69) is 86.7 Å². The van der Waals surface area contributed by atoms with Gasteiger partial charge in [-0.05, 0) is 98.8 Å². The second-order valence-corrected chi connectivity index (χ2v) is 19.1. The number of ether oxygens (including phenoxy) is 4. The Bertz CT molecular complexity index is 2820. The van der Waals surface area contributed by atoms with Gasteiger partial charge in [0.2, 0.25) is 0 Å². The van der Waals surface area contributed by atoms with Gasteiger partial charge in [0.25, 0.3) is 11.8 Å². The number of nitrogens with zero attached hydrogens (tertiary/aromatic N) is 10. The summed E-state index contributed by atoms with van der Waals surface area (Å²) in [5, 5.41) is 18.6. The number of pyridine rings is 2. The van der Waals surface area contributed by atoms with E-state index in [0.717, 1.165) is 97.9 Å². The summed E-state index contributed by atoms with van der Waals surface area (Å²) in [6.07, 6.45) is 3.40. The number of hydrogen-bond donors (Lipinski definition) is 0. The van der Waals surface area contributed by atoms with E-state index < -0.39 is 0 Å². The molecule has 4 aliphatic rings. The lowest BCUT2D eigenvalue weighted by Gasteiger charge is -2.41. The van der Waals surface area contributed by atoms with Crippen LogP contribution in [0.5, 0.6) is 23.0 Å². The molecule has 378 valence electrons. The molecule has 4 aromatic carbocycles. The van der Waals surface area contributed by atoms with Gasteiger partial charge in [0.05, 0.1) is 34.6 Å². The number of carbonyl (C=O) groups is 2. The Morgan fingerprint density at radius 2 is 0.892 bits per heavy atom. The molecule has 2 amide bonds. The van der Waals surface area contributed by atoms with Gasteiger partial charge in [-0.15, -0.1) is 0 Å². The number of carbonyl (C=O) groups excluding carboxylic acids is 2. The summed E-state index contributed by atoms with van der Waals surface area (Å²) in [4.78, 5) is 49.9. The third-order valence-electron chi connectivity index (χ3n) is 14.6. The lowest BCUT2D eigenvalue weighted by molar-refractivity contribution is 0.0966. The fraction of sp³-hybridized carbons (Fsp3) is 0.345. The normalized spacial score (nSPS) is 16.8. The summed E-state index contributed by atoms with van der Waals surface area (Å²) in [6.45, 7) is 15.4. The Labute approximate surface area is 432 Å². The third-order valence-corrected chi connectivity index (χ3v) is 14.6. The molecule has 1 unspecified atom stereocenters. The quantitative estimate of drug-likeness (QED) is 0.105. The lowest BCUT2D eigenvalue weighted by Crippen LogP contribution is -2.53. The number of nitriles is 2. The Morgan fingerprint density at radius 3 is 1.24 bits per heavy atom. The van der Waals surface area contributed by atoms with E-state index >= 15 is 0 Å². The van der Waals surface area contributed by atoms with E-state index in [1.165, 1.54) is 0 Å². The molecule has 10 rings (SSSR count). The first-order chi connectivity index (χ1) is 36.2. The highest BCUT2D eigenvalue weighted by Gasteiger charge is 2.34. The van der Waals surface area contributed by atoms with Crippen LogP contribution in [0.4, 0.5) is 23.0 Å². The van der Waals surface area contributed by atoms with Crippen LogP contribution in [0.25, 0.3) is 0 Å². The zero-order valence-electron chi connectivity index (χ0n) is 42.1. The first kappa shape index (κ1) is 49.4. The molecule has 6 heterocycles. The van der Waals surface area contributed by atoms with Gasteiger partial charge in [-0.3, -0.25) is 29.2 Å². The molecule has 2 saturated heterocycles. The average Bonchev–Trinajstić information content (AvgIpc) is 3.47. The summed E-state index contributed by atoms with van der Waals surface area (Å²) in [5.74, 6) is 3.76. The number of fused-ring (bicyclic) bond motifs is 2. The molecule has 16 heteroatoms. The van der Waals surface area contributed by atoms with Gasteiger partial charge in [-0.2, -0.15) is 10.5 Å². The molecule has 0 radical (unpaired) electrons. The zero-order valence-corrected chi connectivity index (χ0v) is 42.1. The minimum atomic E-state index is -0.160. The molecule has 0 bridgehead atoms. The molecule has 6 aromatic rings. The van der Waals surface area contributed by atoms with Gasteiger partial charge in [-0.25, -0.2) is 9.97 Å². The van der Waals surface area contributed by atoms with Crippen molar-refractivity contribution in [1.29, 1.82) is 10.5 Å². The Morgan fingerprint density at radius 1 is 0.514 bits per heavy atom. The number of aromatic nitrogens is 2. The first-order valence-corrected chi connectivity index (χ1v) is 25.5. The van der Waals surface area contributed by atoms with E-state index in [4.69, 9.17) is 18.9 Å². The highest BCUT2D eigenvalue weighted by Crippen LogP contribution is 2.51. The molecule has 0 spiro atoms. The van der Waals surface area contributed by atoms with Gasteiger partial charge in [0.15, 0.2) is 23.0 Å². The van der Waals surface area contributed by atoms with Crippen LogP contribution in [-0.2, 0) is 0 Å². The smallest absolute Gasteiger partial charge is 0.259 e. The number of piperazine rings is 2. The first-order valence-electron chi connectivity index (χ1n) is 25.5. The van der Waals surface area contributed by atoms with E-state index in [1.807, 2.05) is 36.4 Å². The van der Waals surface area contributed by atoms with Crippen LogP contribution in [0, 0.1) is 22.7 Å². The van der Waals surface area contributed by atoms with Crippen LogP contribution in [0.2, 0.25) is 0 Å². The van der Waals surface area contributed by atoms with Gasteiger partial charge in [0, 0.05) is 118 Å². The lowest BCUT2D eigenvalue weighted by atomic mass is 9.90. The molecule has 0 aliphatic carbocycles. The number of rotatable bonds is 14. The van der Waals surface area contributed by atoms with Crippen molar-refractivity contribution in [2.24, 2.45) is 0 Å². The SMILES string of the molecule is CC(c1ccc(N2CCN([C@H](C)CN(C(=O)c3ccc(C#N)cc3)c3ccccn3)CC2)c2c1OCCO2)c1ccc(N2CCN([C@@H](C)CN(C(=O)c3ccc(C#N)cc3)c3ccccn3)CC2)c2c1OCCO2. The molecular formula is C58H60N10O6. The second-order valence-electron chi connectivity index (χ2n) is 19.1. The van der Waals surface area contributed by atoms with Gasteiger partial charge < -0.3 is 28.7 Å². The van der Waals surface area contributed by atoms with Crippen molar-refractivity contribution in [3.05, 3.63) is 155 Å². The van der Waals surface area contributed by atoms with Crippen LogP contribution in [0.3, 0.4) is 0 Å². The summed E-state index contributed by atoms with van der Waals surface area (Å²) in [6, 6.07) is 37.6. The highest BCUT2D eigenvalue weighted by atomic mass is 16.6. The fourth-order valence-electron chi connectivity index (χ4n) is 10.5. The predicted molar refractivity (Wildman–Crippen MR) is 283 cm³/mol. The molecule has 4 aliphatic heterocycles. The topological polar surface area (TPSA) is 164 Å². The van der Waals surface area contributed by atoms with Crippen molar-refractivity contribution in [3.63, 3.8) is 0 Å². The predicted octanol–water partition coefficient (Wildman–Crippen LogP) is 7.63.